The zero-order valence-corrected chi connectivity index (χ0v) is 9.72. The lowest BCUT2D eigenvalue weighted by atomic mass is 10.4. The predicted molar refractivity (Wildman–Crippen MR) is 55.8 cm³/mol. The monoisotopic (exact) mass is 221 g/mol. The Morgan fingerprint density at radius 1 is 1.36 bits per heavy atom. The minimum absolute atomic E-state index is 0.479. The quantitative estimate of drug-likeness (QED) is 0.389. The van der Waals surface area contributed by atoms with Gasteiger partial charge in [-0.1, -0.05) is 6.08 Å². The van der Waals surface area contributed by atoms with Crippen LogP contribution in [0.4, 0.5) is 0 Å². The number of rotatable bonds is 2. The molecule has 0 aliphatic carbocycles. The Kier molecular flexibility index (Phi) is 5.33. The van der Waals surface area contributed by atoms with Crippen molar-refractivity contribution in [3.63, 3.8) is 0 Å². The second kappa shape index (κ2) is 5.48. The average Bonchev–Trinajstić information content (AvgIpc) is 2.32. The molecule has 1 aliphatic heterocycles. The lowest BCUT2D eigenvalue weighted by molar-refractivity contribution is -0.877. The fourth-order valence-corrected chi connectivity index (χ4v) is 1.62. The third-order valence-corrected chi connectivity index (χ3v) is 2.74. The van der Waals surface area contributed by atoms with E-state index in [-0.39, 0.29) is 0 Å². The van der Waals surface area contributed by atoms with E-state index in [1.54, 1.807) is 0 Å². The summed E-state index contributed by atoms with van der Waals surface area (Å²) in [5.41, 5.74) is 0. The van der Waals surface area contributed by atoms with Gasteiger partial charge in [0, 0.05) is 12.8 Å². The summed E-state index contributed by atoms with van der Waals surface area (Å²) in [6.07, 6.45) is 3.93. The Bertz CT molecular complexity index is 262. The summed E-state index contributed by atoms with van der Waals surface area (Å²) in [5.74, 6) is -0.479. The van der Waals surface area contributed by atoms with Crippen LogP contribution in [0.15, 0.2) is 12.7 Å². The van der Waals surface area contributed by atoms with Gasteiger partial charge in [0.2, 0.25) is 0 Å². The van der Waals surface area contributed by atoms with Crippen LogP contribution in [0.1, 0.15) is 12.8 Å². The number of hydrogen-bond acceptors (Lipinski definition) is 3. The predicted octanol–water partition coefficient (Wildman–Crippen LogP) is 0.574. The van der Waals surface area contributed by atoms with Crippen molar-refractivity contribution in [3.05, 3.63) is 12.7 Å². The fourth-order valence-electron chi connectivity index (χ4n) is 1.34. The van der Waals surface area contributed by atoms with Crippen LogP contribution < -0.4 is 0 Å². The maximum absolute atomic E-state index is 9.60. The maximum atomic E-state index is 9.60. The van der Waals surface area contributed by atoms with E-state index in [2.05, 4.69) is 20.7 Å². The van der Waals surface area contributed by atoms with Crippen LogP contribution in [0.3, 0.4) is 0 Å². The molecule has 1 heterocycles. The van der Waals surface area contributed by atoms with Crippen LogP contribution >= 0.6 is 0 Å². The molecule has 0 aromatic carbocycles. The molecule has 1 rings (SSSR count). The van der Waals surface area contributed by atoms with Gasteiger partial charge >= 0.3 is 0 Å². The highest BCUT2D eigenvalue weighted by atomic mass is 32.2. The van der Waals surface area contributed by atoms with Crippen molar-refractivity contribution in [2.75, 3.05) is 32.9 Å². The molecule has 0 aromatic heterocycles. The van der Waals surface area contributed by atoms with Gasteiger partial charge in [0.25, 0.3) is 0 Å². The van der Waals surface area contributed by atoms with Gasteiger partial charge < -0.3 is 9.04 Å². The smallest absolute Gasteiger partial charge is 0.0982 e. The normalized spacial score (nSPS) is 19.6. The largest absolute Gasteiger partial charge is 0.748 e. The molecule has 84 valence electrons. The molecule has 0 bridgehead atoms. The van der Waals surface area contributed by atoms with Crippen LogP contribution in [0.25, 0.3) is 0 Å². The molecule has 0 spiro atoms. The van der Waals surface area contributed by atoms with E-state index in [4.69, 9.17) is 0 Å². The highest BCUT2D eigenvalue weighted by Crippen LogP contribution is 2.11. The molecule has 4 nitrogen and oxygen atoms in total. The van der Waals surface area contributed by atoms with E-state index in [9.17, 15) is 13.0 Å². The van der Waals surface area contributed by atoms with E-state index < -0.39 is 15.9 Å². The fraction of sp³-hybridized carbons (Fsp3) is 0.778. The van der Waals surface area contributed by atoms with Crippen molar-refractivity contribution in [1.82, 2.24) is 0 Å². The van der Waals surface area contributed by atoms with Gasteiger partial charge in [0.1, 0.15) is 0 Å². The van der Waals surface area contributed by atoms with Crippen molar-refractivity contribution >= 4 is 10.1 Å². The van der Waals surface area contributed by atoms with Gasteiger partial charge in [0.15, 0.2) is 0 Å². The van der Waals surface area contributed by atoms with Gasteiger partial charge in [-0.3, -0.25) is 0 Å². The lowest BCUT2D eigenvalue weighted by Gasteiger charge is -2.21. The van der Waals surface area contributed by atoms with Gasteiger partial charge in [-0.15, -0.1) is 6.58 Å². The highest BCUT2D eigenvalue weighted by Gasteiger charge is 2.19. The number of likely N-dealkylation sites (tertiary alicyclic amines) is 1. The Morgan fingerprint density at radius 2 is 1.79 bits per heavy atom. The second-order valence-electron chi connectivity index (χ2n) is 4.10. The van der Waals surface area contributed by atoms with Crippen molar-refractivity contribution in [2.45, 2.75) is 12.8 Å². The molecule has 1 fully saturated rings. The Balaban J connectivity index is 0.000000241. The van der Waals surface area contributed by atoms with Crippen LogP contribution in [0.2, 0.25) is 0 Å². The van der Waals surface area contributed by atoms with Crippen LogP contribution in [0.5, 0.6) is 0 Å². The molecule has 0 unspecified atom stereocenters. The molecule has 14 heavy (non-hydrogen) atoms. The van der Waals surface area contributed by atoms with Crippen molar-refractivity contribution in [3.8, 4) is 0 Å². The summed E-state index contributed by atoms with van der Waals surface area (Å²) in [4.78, 5) is 0. The zero-order valence-electron chi connectivity index (χ0n) is 8.90. The first-order valence-corrected chi connectivity index (χ1v) is 6.21. The summed E-state index contributed by atoms with van der Waals surface area (Å²) in [6, 6.07) is 0. The number of nitrogens with zero attached hydrogens (tertiary/aromatic N) is 1. The molecule has 5 heteroatoms. The molecule has 0 atom stereocenters. The molecule has 0 amide bonds. The molecular formula is C9H19NO3S. The number of quaternary nitrogens is 1. The van der Waals surface area contributed by atoms with Crippen molar-refractivity contribution in [1.29, 1.82) is 0 Å². The first kappa shape index (κ1) is 13.6. The minimum Gasteiger partial charge on any atom is -0.748 e. The maximum Gasteiger partial charge on any atom is 0.0982 e. The van der Waals surface area contributed by atoms with Crippen LogP contribution in [-0.2, 0) is 10.1 Å². The van der Waals surface area contributed by atoms with E-state index >= 15 is 0 Å². The standard InChI is InChI=1S/C6H14N.C3H6O3S/c1-7(2)5-3-4-6-7;1-2-3-7(4,5)6/h3-6H2,1-2H3;2H,1,3H2,(H,4,5,6)/q+1;/p-1. The summed E-state index contributed by atoms with van der Waals surface area (Å²) >= 11 is 0. The average molecular weight is 221 g/mol. The van der Waals surface area contributed by atoms with Crippen molar-refractivity contribution < 1.29 is 17.5 Å². The van der Waals surface area contributed by atoms with E-state index in [0.29, 0.717) is 0 Å². The number of hydrogen-bond donors (Lipinski definition) is 0. The SMILES string of the molecule is C=CCS(=O)(=O)[O-].C[N+]1(C)CCCC1. The van der Waals surface area contributed by atoms with E-state index in [1.807, 2.05) is 0 Å². The van der Waals surface area contributed by atoms with Gasteiger partial charge in [0.05, 0.1) is 43.1 Å². The highest BCUT2D eigenvalue weighted by molar-refractivity contribution is 7.85. The third-order valence-electron chi connectivity index (χ3n) is 2.10. The first-order chi connectivity index (χ1) is 6.27. The Hall–Kier alpha value is -0.390. The topological polar surface area (TPSA) is 57.2 Å². The van der Waals surface area contributed by atoms with Gasteiger partial charge in [-0.25, -0.2) is 8.42 Å². The summed E-state index contributed by atoms with van der Waals surface area (Å²) in [7, 11) is 0.555. The molecule has 0 radical (unpaired) electrons. The molecule has 1 saturated heterocycles. The molecule has 0 aromatic rings. The van der Waals surface area contributed by atoms with Gasteiger partial charge in [-0.2, -0.15) is 0 Å². The van der Waals surface area contributed by atoms with Crippen LogP contribution in [-0.4, -0.2) is 50.4 Å². The molecule has 0 saturated carbocycles. The lowest BCUT2D eigenvalue weighted by Crippen LogP contribution is -2.35. The second-order valence-corrected chi connectivity index (χ2v) is 5.55. The molecule has 1 aliphatic rings. The van der Waals surface area contributed by atoms with E-state index in [1.165, 1.54) is 30.4 Å². The first-order valence-electron chi connectivity index (χ1n) is 4.63. The minimum atomic E-state index is -4.04. The van der Waals surface area contributed by atoms with E-state index in [0.717, 1.165) is 6.08 Å². The van der Waals surface area contributed by atoms with Crippen LogP contribution in [0, 0.1) is 0 Å². The molecule has 0 N–H and O–H groups in total. The van der Waals surface area contributed by atoms with Crippen molar-refractivity contribution in [2.24, 2.45) is 0 Å². The summed E-state index contributed by atoms with van der Waals surface area (Å²) in [5, 5.41) is 0. The zero-order chi connectivity index (χ0) is 11.2. The Labute approximate surface area is 86.6 Å². The van der Waals surface area contributed by atoms with Gasteiger partial charge in [-0.05, 0) is 0 Å². The molecular weight excluding hydrogens is 202 g/mol. The summed E-state index contributed by atoms with van der Waals surface area (Å²) < 4.78 is 30.1. The Morgan fingerprint density at radius 3 is 1.86 bits per heavy atom. The third kappa shape index (κ3) is 8.22. The summed E-state index contributed by atoms with van der Waals surface area (Å²) in [6.45, 7) is 5.84.